The summed E-state index contributed by atoms with van der Waals surface area (Å²) in [6, 6.07) is 13.2. The first-order valence-corrected chi connectivity index (χ1v) is 12.1. The molecule has 1 aliphatic heterocycles. The second-order valence-corrected chi connectivity index (χ2v) is 8.80. The van der Waals surface area contributed by atoms with Crippen LogP contribution in [-0.4, -0.2) is 59.6 Å². The highest BCUT2D eigenvalue weighted by Gasteiger charge is 2.26. The summed E-state index contributed by atoms with van der Waals surface area (Å²) < 4.78 is 5.20. The Morgan fingerprint density at radius 3 is 2.57 bits per heavy atom. The van der Waals surface area contributed by atoms with E-state index in [2.05, 4.69) is 6.58 Å². The van der Waals surface area contributed by atoms with Gasteiger partial charge in [0.25, 0.3) is 5.91 Å². The summed E-state index contributed by atoms with van der Waals surface area (Å²) in [5.74, 6) is -0.106. The van der Waals surface area contributed by atoms with Crippen molar-refractivity contribution in [1.29, 1.82) is 0 Å². The number of hydrogen-bond donors (Lipinski definition) is 1. The molecule has 0 atom stereocenters. The predicted octanol–water partition coefficient (Wildman–Crippen LogP) is 4.96. The number of hydrogen-bond acceptors (Lipinski definition) is 5. The third-order valence-electron chi connectivity index (χ3n) is 6.10. The fraction of sp³-hybridized carbons (Fsp3) is 0.296. The van der Waals surface area contributed by atoms with Crippen LogP contribution in [-0.2, 0) is 11.3 Å². The lowest BCUT2D eigenvalue weighted by atomic mass is 10.0. The Hall–Kier alpha value is -3.42. The van der Waals surface area contributed by atoms with Crippen molar-refractivity contribution in [2.24, 2.45) is 5.73 Å². The van der Waals surface area contributed by atoms with Gasteiger partial charge in [0, 0.05) is 54.8 Å². The molecule has 0 spiro atoms. The van der Waals surface area contributed by atoms with Gasteiger partial charge in [-0.1, -0.05) is 55.4 Å². The molecule has 2 heterocycles. The molecule has 4 rings (SSSR count). The van der Waals surface area contributed by atoms with E-state index in [-0.39, 0.29) is 12.0 Å². The number of pyridine rings is 1. The number of nitrogens with two attached hydrogens (primary N) is 1. The van der Waals surface area contributed by atoms with Crippen LogP contribution in [0.4, 0.5) is 4.79 Å². The molecule has 0 radical (unpaired) electrons. The van der Waals surface area contributed by atoms with Gasteiger partial charge in [-0.15, -0.1) is 0 Å². The molecule has 0 unspecified atom stereocenters. The van der Waals surface area contributed by atoms with Gasteiger partial charge >= 0.3 is 6.09 Å². The van der Waals surface area contributed by atoms with Gasteiger partial charge in [0.2, 0.25) is 0 Å². The molecule has 3 aromatic rings. The van der Waals surface area contributed by atoms with E-state index in [1.807, 2.05) is 37.3 Å². The van der Waals surface area contributed by atoms with Gasteiger partial charge in [-0.3, -0.25) is 4.79 Å². The molecule has 35 heavy (non-hydrogen) atoms. The Kier molecular flexibility index (Phi) is 7.68. The topological polar surface area (TPSA) is 88.8 Å². The van der Waals surface area contributed by atoms with Crippen LogP contribution in [0.25, 0.3) is 28.2 Å². The largest absolute Gasteiger partial charge is 0.449 e. The van der Waals surface area contributed by atoms with E-state index >= 15 is 0 Å². The lowest BCUT2D eigenvalue weighted by molar-refractivity contribution is 0.0560. The number of piperazine rings is 1. The minimum atomic E-state index is -0.326. The maximum atomic E-state index is 13.2. The van der Waals surface area contributed by atoms with Crippen molar-refractivity contribution in [3.63, 3.8) is 0 Å². The van der Waals surface area contributed by atoms with Gasteiger partial charge in [0.1, 0.15) is 0 Å². The van der Waals surface area contributed by atoms with E-state index in [9.17, 15) is 9.59 Å². The zero-order chi connectivity index (χ0) is 24.9. The molecule has 2 N–H and O–H groups in total. The summed E-state index contributed by atoms with van der Waals surface area (Å²) >= 11 is 6.75. The number of carbonyl (C=O) groups is 2. The van der Waals surface area contributed by atoms with Gasteiger partial charge in [-0.05, 0) is 30.2 Å². The molecule has 0 bridgehead atoms. The van der Waals surface area contributed by atoms with Crippen LogP contribution in [0.3, 0.4) is 0 Å². The van der Waals surface area contributed by atoms with Crippen LogP contribution < -0.4 is 5.73 Å². The average Bonchev–Trinajstić information content (AvgIpc) is 2.91. The van der Waals surface area contributed by atoms with Crippen molar-refractivity contribution >= 4 is 40.6 Å². The summed E-state index contributed by atoms with van der Waals surface area (Å²) in [6.07, 6.45) is 2.15. The van der Waals surface area contributed by atoms with Crippen molar-refractivity contribution < 1.29 is 14.3 Å². The molecule has 7 nitrogen and oxygen atoms in total. The predicted molar refractivity (Wildman–Crippen MR) is 139 cm³/mol. The normalized spacial score (nSPS) is 13.7. The first-order valence-electron chi connectivity index (χ1n) is 11.7. The maximum Gasteiger partial charge on any atom is 0.409 e. The SMILES string of the molecule is C=Cc1c(-c2cccc(CN)c2)nc2cc(C(=O)N3CCN(C(=O)OCCC)CC3)ccc2c1Cl. The lowest BCUT2D eigenvalue weighted by Crippen LogP contribution is -2.50. The lowest BCUT2D eigenvalue weighted by Gasteiger charge is -2.34. The van der Waals surface area contributed by atoms with E-state index in [4.69, 9.17) is 27.1 Å². The molecule has 1 saturated heterocycles. The van der Waals surface area contributed by atoms with Crippen molar-refractivity contribution in [2.45, 2.75) is 19.9 Å². The molecule has 8 heteroatoms. The number of benzene rings is 2. The Morgan fingerprint density at radius 1 is 1.14 bits per heavy atom. The monoisotopic (exact) mass is 492 g/mol. The number of fused-ring (bicyclic) bond motifs is 1. The highest BCUT2D eigenvalue weighted by Crippen LogP contribution is 2.35. The van der Waals surface area contributed by atoms with Crippen LogP contribution >= 0.6 is 11.6 Å². The van der Waals surface area contributed by atoms with Crippen LogP contribution in [0.5, 0.6) is 0 Å². The molecule has 1 aromatic heterocycles. The number of carbonyl (C=O) groups excluding carboxylic acids is 2. The first-order chi connectivity index (χ1) is 17.0. The third-order valence-corrected chi connectivity index (χ3v) is 6.51. The molecule has 2 aromatic carbocycles. The van der Waals surface area contributed by atoms with Gasteiger partial charge in [0.15, 0.2) is 0 Å². The Labute approximate surface area is 210 Å². The number of amides is 2. The molecule has 1 aliphatic rings. The molecule has 182 valence electrons. The third kappa shape index (κ3) is 5.16. The number of aromatic nitrogens is 1. The van der Waals surface area contributed by atoms with E-state index in [1.54, 1.807) is 28.0 Å². The molecule has 1 fully saturated rings. The van der Waals surface area contributed by atoms with Gasteiger partial charge < -0.3 is 20.3 Å². The number of rotatable bonds is 6. The average molecular weight is 493 g/mol. The fourth-order valence-electron chi connectivity index (χ4n) is 4.18. The van der Waals surface area contributed by atoms with E-state index in [0.29, 0.717) is 61.1 Å². The Morgan fingerprint density at radius 2 is 1.89 bits per heavy atom. The van der Waals surface area contributed by atoms with Crippen LogP contribution in [0, 0.1) is 0 Å². The molecule has 2 amide bonds. The van der Waals surface area contributed by atoms with Crippen LogP contribution in [0.2, 0.25) is 5.02 Å². The Balaban J connectivity index is 1.61. The van der Waals surface area contributed by atoms with Crippen molar-refractivity contribution in [2.75, 3.05) is 32.8 Å². The zero-order valence-corrected chi connectivity index (χ0v) is 20.6. The molecule has 0 aliphatic carbocycles. The first kappa shape index (κ1) is 24.7. The molecular formula is C27H29ClN4O3. The minimum absolute atomic E-state index is 0.106. The number of ether oxygens (including phenoxy) is 1. The van der Waals surface area contributed by atoms with E-state index < -0.39 is 0 Å². The zero-order valence-electron chi connectivity index (χ0n) is 19.8. The van der Waals surface area contributed by atoms with E-state index in [1.165, 1.54) is 0 Å². The van der Waals surface area contributed by atoms with Crippen molar-refractivity contribution in [3.05, 3.63) is 70.8 Å². The second kappa shape index (κ2) is 10.9. The number of halogens is 1. The molecular weight excluding hydrogens is 464 g/mol. The minimum Gasteiger partial charge on any atom is -0.449 e. The van der Waals surface area contributed by atoms with Gasteiger partial charge in [-0.2, -0.15) is 0 Å². The summed E-state index contributed by atoms with van der Waals surface area (Å²) in [5.41, 5.74) is 10.3. The summed E-state index contributed by atoms with van der Waals surface area (Å²) in [7, 11) is 0. The van der Waals surface area contributed by atoms with Crippen LogP contribution in [0.15, 0.2) is 49.0 Å². The summed E-state index contributed by atoms with van der Waals surface area (Å²) in [5, 5.41) is 1.29. The Bertz CT molecular complexity index is 1270. The smallest absolute Gasteiger partial charge is 0.409 e. The fourth-order valence-corrected chi connectivity index (χ4v) is 4.51. The highest BCUT2D eigenvalue weighted by molar-refractivity contribution is 6.37. The highest BCUT2D eigenvalue weighted by atomic mass is 35.5. The van der Waals surface area contributed by atoms with Crippen LogP contribution in [0.1, 0.15) is 34.8 Å². The summed E-state index contributed by atoms with van der Waals surface area (Å²) in [4.78, 5) is 33.6. The number of nitrogens with zero attached hydrogens (tertiary/aromatic N) is 3. The van der Waals surface area contributed by atoms with Gasteiger partial charge in [0.05, 0.1) is 22.8 Å². The standard InChI is InChI=1S/C27H29ClN4O3/c1-3-14-35-27(34)32-12-10-31(11-13-32)26(33)20-8-9-22-23(16-20)30-25(21(4-2)24(22)28)19-7-5-6-18(15-19)17-29/h4-9,15-16H,2-3,10-14,17,29H2,1H3. The second-order valence-electron chi connectivity index (χ2n) is 8.42. The van der Waals surface area contributed by atoms with Crippen molar-refractivity contribution in [1.82, 2.24) is 14.8 Å². The quantitative estimate of drug-likeness (QED) is 0.525. The van der Waals surface area contributed by atoms with Crippen molar-refractivity contribution in [3.8, 4) is 11.3 Å². The summed E-state index contributed by atoms with van der Waals surface area (Å²) in [6.45, 7) is 8.46. The molecule has 0 saturated carbocycles. The maximum absolute atomic E-state index is 13.2. The van der Waals surface area contributed by atoms with Gasteiger partial charge in [-0.25, -0.2) is 9.78 Å². The van der Waals surface area contributed by atoms with E-state index in [0.717, 1.165) is 28.5 Å².